The first-order chi connectivity index (χ1) is 14.4. The monoisotopic (exact) mass is 432 g/mol. The minimum atomic E-state index is -1.34. The van der Waals surface area contributed by atoms with Crippen molar-refractivity contribution in [1.82, 2.24) is 9.80 Å². The first kappa shape index (κ1) is 20.7. The van der Waals surface area contributed by atoms with Crippen LogP contribution in [-0.2, 0) is 30.3 Å². The van der Waals surface area contributed by atoms with Gasteiger partial charge in [0.25, 0.3) is 0 Å². The highest BCUT2D eigenvalue weighted by atomic mass is 32.2. The van der Waals surface area contributed by atoms with Crippen molar-refractivity contribution in [2.45, 2.75) is 42.5 Å². The van der Waals surface area contributed by atoms with E-state index in [2.05, 4.69) is 0 Å². The van der Waals surface area contributed by atoms with Crippen LogP contribution in [0.2, 0.25) is 0 Å². The lowest BCUT2D eigenvalue weighted by Crippen LogP contribution is -2.59. The Kier molecular flexibility index (Phi) is 5.48. The van der Waals surface area contributed by atoms with E-state index in [0.717, 1.165) is 5.56 Å². The average molecular weight is 432 g/mol. The Morgan fingerprint density at radius 1 is 1.27 bits per heavy atom. The van der Waals surface area contributed by atoms with Crippen molar-refractivity contribution in [3.63, 3.8) is 0 Å². The van der Waals surface area contributed by atoms with E-state index < -0.39 is 22.9 Å². The van der Waals surface area contributed by atoms with Gasteiger partial charge in [0.2, 0.25) is 10.8 Å². The number of rotatable bonds is 7. The number of nitrogens with zero attached hydrogens (tertiary/aromatic N) is 2. The molecule has 30 heavy (non-hydrogen) atoms. The Morgan fingerprint density at radius 3 is 2.63 bits per heavy atom. The lowest BCUT2D eigenvalue weighted by Gasteiger charge is -2.41. The number of β-lactam (4-membered cyclic amide) rings is 1. The predicted molar refractivity (Wildman–Crippen MR) is 108 cm³/mol. The minimum absolute atomic E-state index is 0.0259. The van der Waals surface area contributed by atoms with Crippen LogP contribution in [0.1, 0.15) is 25.3 Å². The number of carbonyl (C=O) groups excluding carboxylic acids is 4. The Hall–Kier alpha value is -2.55. The third-order valence-electron chi connectivity index (χ3n) is 5.91. The van der Waals surface area contributed by atoms with Gasteiger partial charge in [-0.05, 0) is 12.0 Å². The van der Waals surface area contributed by atoms with Crippen molar-refractivity contribution in [3.05, 3.63) is 35.9 Å². The zero-order valence-corrected chi connectivity index (χ0v) is 17.7. The van der Waals surface area contributed by atoms with Gasteiger partial charge in [0.05, 0.1) is 31.5 Å². The Bertz CT molecular complexity index is 878. The molecule has 4 atom stereocenters. The number of thioether (sulfide) groups is 1. The number of cyclic esters (lactones) is 1. The van der Waals surface area contributed by atoms with E-state index in [1.807, 2.05) is 37.3 Å². The second-order valence-electron chi connectivity index (χ2n) is 7.79. The van der Waals surface area contributed by atoms with Crippen LogP contribution in [0, 0.1) is 5.92 Å². The molecule has 4 rings (SSSR count). The van der Waals surface area contributed by atoms with E-state index in [4.69, 9.17) is 9.47 Å². The molecule has 3 heterocycles. The van der Waals surface area contributed by atoms with E-state index in [-0.39, 0.29) is 49.1 Å². The summed E-state index contributed by atoms with van der Waals surface area (Å²) in [5, 5.41) is -0.343. The van der Waals surface area contributed by atoms with Crippen LogP contribution in [0.5, 0.6) is 0 Å². The second-order valence-corrected chi connectivity index (χ2v) is 9.18. The summed E-state index contributed by atoms with van der Waals surface area (Å²) in [5.41, 5.74) is 0.902. The molecule has 0 radical (unpaired) electrons. The number of fused-ring (bicyclic) bond motifs is 1. The van der Waals surface area contributed by atoms with E-state index in [1.54, 1.807) is 4.90 Å². The van der Waals surface area contributed by atoms with Gasteiger partial charge in [-0.25, -0.2) is 9.59 Å². The molecule has 0 aliphatic carbocycles. The molecule has 2 amide bonds. The lowest BCUT2D eigenvalue weighted by molar-refractivity contribution is -0.155. The lowest BCUT2D eigenvalue weighted by atomic mass is 9.90. The topological polar surface area (TPSA) is 93.2 Å². The highest BCUT2D eigenvalue weighted by Crippen LogP contribution is 2.53. The third kappa shape index (κ3) is 3.34. The zero-order chi connectivity index (χ0) is 21.5. The number of benzene rings is 1. The molecule has 3 saturated heterocycles. The highest BCUT2D eigenvalue weighted by molar-refractivity contribution is 8.02. The van der Waals surface area contributed by atoms with Gasteiger partial charge in [0.15, 0.2) is 0 Å². The van der Waals surface area contributed by atoms with E-state index in [9.17, 15) is 19.2 Å². The molecule has 1 aromatic carbocycles. The smallest absolute Gasteiger partial charge is 0.411 e. The summed E-state index contributed by atoms with van der Waals surface area (Å²) in [4.78, 5) is 52.1. The zero-order valence-electron chi connectivity index (χ0n) is 16.9. The van der Waals surface area contributed by atoms with Crippen LogP contribution in [0.4, 0.5) is 4.79 Å². The third-order valence-corrected chi connectivity index (χ3v) is 7.64. The maximum atomic E-state index is 12.8. The summed E-state index contributed by atoms with van der Waals surface area (Å²) in [7, 11) is 1.27. The molecule has 1 aromatic rings. The van der Waals surface area contributed by atoms with Crippen molar-refractivity contribution in [1.29, 1.82) is 0 Å². The highest BCUT2D eigenvalue weighted by Gasteiger charge is 2.66. The summed E-state index contributed by atoms with van der Waals surface area (Å²) in [5.74, 6) is -1.28. The molecule has 3 aliphatic heterocycles. The van der Waals surface area contributed by atoms with Gasteiger partial charge in [-0.1, -0.05) is 49.0 Å². The van der Waals surface area contributed by atoms with Gasteiger partial charge in [-0.2, -0.15) is 0 Å². The van der Waals surface area contributed by atoms with Gasteiger partial charge in [0.1, 0.15) is 11.9 Å². The van der Waals surface area contributed by atoms with Gasteiger partial charge in [-0.15, -0.1) is 0 Å². The molecule has 0 saturated carbocycles. The van der Waals surface area contributed by atoms with Crippen molar-refractivity contribution in [2.75, 3.05) is 20.2 Å². The standard InChI is InChI=1S/C21H24N2O6S/c1-3-15-11-23(20(27)29-15)21(19(26)28-2)12-22-17(25)16(18(22)30-21)10-14(24)9-13-7-5-4-6-8-13/h4-8,15-16,18H,3,9-12H2,1-2H3/t15?,16-,18?,21-/m1/s1. The van der Waals surface area contributed by atoms with Crippen LogP contribution in [0.3, 0.4) is 0 Å². The normalized spacial score (nSPS) is 30.0. The number of amides is 2. The molecule has 8 nitrogen and oxygen atoms in total. The quantitative estimate of drug-likeness (QED) is 0.479. The van der Waals surface area contributed by atoms with Gasteiger partial charge in [-0.3, -0.25) is 14.5 Å². The fourth-order valence-electron chi connectivity index (χ4n) is 4.27. The molecule has 9 heteroatoms. The number of ether oxygens (including phenoxy) is 2. The van der Waals surface area contributed by atoms with Crippen molar-refractivity contribution >= 4 is 35.5 Å². The fourth-order valence-corrected chi connectivity index (χ4v) is 6.02. The van der Waals surface area contributed by atoms with Gasteiger partial charge in [0, 0.05) is 12.8 Å². The van der Waals surface area contributed by atoms with E-state index >= 15 is 0 Å². The molecular weight excluding hydrogens is 408 g/mol. The molecule has 0 spiro atoms. The number of esters is 1. The Morgan fingerprint density at radius 2 is 2.00 bits per heavy atom. The van der Waals surface area contributed by atoms with Gasteiger partial charge < -0.3 is 14.4 Å². The maximum absolute atomic E-state index is 12.8. The molecule has 160 valence electrons. The number of hydrogen-bond acceptors (Lipinski definition) is 7. The molecule has 3 fully saturated rings. The van der Waals surface area contributed by atoms with E-state index in [0.29, 0.717) is 6.42 Å². The number of carbonyl (C=O) groups is 4. The number of methoxy groups -OCH3 is 1. The second kappa shape index (κ2) is 7.94. The Labute approximate surface area is 178 Å². The summed E-state index contributed by atoms with van der Waals surface area (Å²) in [6.07, 6.45) is 0.132. The maximum Gasteiger partial charge on any atom is 0.411 e. The summed E-state index contributed by atoms with van der Waals surface area (Å²) < 4.78 is 10.3. The average Bonchev–Trinajstić information content (AvgIpc) is 3.31. The Balaban J connectivity index is 1.49. The summed E-state index contributed by atoms with van der Waals surface area (Å²) in [6.45, 7) is 2.21. The number of Topliss-reactive ketones (excluding diaryl/α,β-unsaturated/α-hetero) is 1. The first-order valence-corrected chi connectivity index (χ1v) is 10.9. The van der Waals surface area contributed by atoms with Crippen LogP contribution in [0.25, 0.3) is 0 Å². The van der Waals surface area contributed by atoms with Crippen LogP contribution in [0.15, 0.2) is 30.3 Å². The number of hydrogen-bond donors (Lipinski definition) is 0. The number of ketones is 1. The minimum Gasteiger partial charge on any atom is -0.467 e. The molecule has 0 N–H and O–H groups in total. The fraction of sp³-hybridized carbons (Fsp3) is 0.524. The molecule has 2 unspecified atom stereocenters. The van der Waals surface area contributed by atoms with Crippen LogP contribution in [-0.4, -0.2) is 70.1 Å². The summed E-state index contributed by atoms with van der Waals surface area (Å²) in [6, 6.07) is 9.38. The van der Waals surface area contributed by atoms with E-state index in [1.165, 1.54) is 23.8 Å². The molecule has 0 aromatic heterocycles. The first-order valence-electron chi connectivity index (χ1n) is 10.00. The molecular formula is C21H24N2O6S. The molecule has 3 aliphatic rings. The molecule has 0 bridgehead atoms. The SMILES string of the molecule is CCC1CN([C@]2(C(=O)OC)CN3C(=O)[C@@H](CC(=O)Cc4ccccc4)C3S2)C(=O)O1. The predicted octanol–water partition coefficient (Wildman–Crippen LogP) is 1.82. The largest absolute Gasteiger partial charge is 0.467 e. The van der Waals surface area contributed by atoms with Crippen LogP contribution < -0.4 is 0 Å². The van der Waals surface area contributed by atoms with Crippen molar-refractivity contribution in [2.24, 2.45) is 5.92 Å². The van der Waals surface area contributed by atoms with Gasteiger partial charge >= 0.3 is 12.1 Å². The summed E-state index contributed by atoms with van der Waals surface area (Å²) >= 11 is 1.22. The van der Waals surface area contributed by atoms with Crippen molar-refractivity contribution in [3.8, 4) is 0 Å². The van der Waals surface area contributed by atoms with Crippen molar-refractivity contribution < 1.29 is 28.7 Å². The van der Waals surface area contributed by atoms with Crippen LogP contribution >= 0.6 is 11.8 Å².